The standard InChI is InChI=1S/C13H14BrNO/c14-12-5-3-4-10-8-11(16-13(10)12)9-15-6-1-2-7-15/h3-5,8H,1-2,6-7,9H2. The second-order valence-electron chi connectivity index (χ2n) is 4.35. The molecule has 1 aromatic heterocycles. The Morgan fingerprint density at radius 1 is 1.25 bits per heavy atom. The molecule has 0 aliphatic carbocycles. The second kappa shape index (κ2) is 4.22. The number of nitrogens with zero attached hydrogens (tertiary/aromatic N) is 1. The Hall–Kier alpha value is -0.800. The van der Waals surface area contributed by atoms with Crippen LogP contribution in [0, 0.1) is 0 Å². The molecule has 0 atom stereocenters. The van der Waals surface area contributed by atoms with Crippen LogP contribution in [0.15, 0.2) is 33.2 Å². The van der Waals surface area contributed by atoms with Crippen molar-refractivity contribution in [1.29, 1.82) is 0 Å². The lowest BCUT2D eigenvalue weighted by atomic mass is 10.2. The van der Waals surface area contributed by atoms with E-state index < -0.39 is 0 Å². The Kier molecular flexibility index (Phi) is 2.74. The van der Waals surface area contributed by atoms with E-state index >= 15 is 0 Å². The molecule has 84 valence electrons. The molecule has 2 heterocycles. The van der Waals surface area contributed by atoms with Crippen molar-refractivity contribution in [3.63, 3.8) is 0 Å². The minimum absolute atomic E-state index is 0.946. The van der Waals surface area contributed by atoms with E-state index in [2.05, 4.69) is 33.0 Å². The lowest BCUT2D eigenvalue weighted by Gasteiger charge is -2.11. The van der Waals surface area contributed by atoms with E-state index in [1.807, 2.05) is 12.1 Å². The number of fused-ring (bicyclic) bond motifs is 1. The van der Waals surface area contributed by atoms with E-state index in [4.69, 9.17) is 4.42 Å². The maximum Gasteiger partial charge on any atom is 0.148 e. The molecule has 0 bridgehead atoms. The molecule has 1 aliphatic rings. The summed E-state index contributed by atoms with van der Waals surface area (Å²) in [6.07, 6.45) is 2.65. The van der Waals surface area contributed by atoms with Crippen LogP contribution in [0.25, 0.3) is 11.0 Å². The van der Waals surface area contributed by atoms with Gasteiger partial charge >= 0.3 is 0 Å². The van der Waals surface area contributed by atoms with Gasteiger partial charge in [0.25, 0.3) is 0 Å². The van der Waals surface area contributed by atoms with Gasteiger partial charge in [-0.25, -0.2) is 0 Å². The highest BCUT2D eigenvalue weighted by Crippen LogP contribution is 2.27. The average Bonchev–Trinajstić information content (AvgIpc) is 2.88. The first-order valence-corrected chi connectivity index (χ1v) is 6.51. The summed E-state index contributed by atoms with van der Waals surface area (Å²) in [7, 11) is 0. The number of rotatable bonds is 2. The lowest BCUT2D eigenvalue weighted by Crippen LogP contribution is -2.17. The predicted molar refractivity (Wildman–Crippen MR) is 68.4 cm³/mol. The zero-order chi connectivity index (χ0) is 11.0. The van der Waals surface area contributed by atoms with Crippen LogP contribution in [0.5, 0.6) is 0 Å². The van der Waals surface area contributed by atoms with Gasteiger partial charge in [0.15, 0.2) is 0 Å². The van der Waals surface area contributed by atoms with Crippen LogP contribution >= 0.6 is 15.9 Å². The molecular weight excluding hydrogens is 266 g/mol. The van der Waals surface area contributed by atoms with E-state index in [0.29, 0.717) is 0 Å². The summed E-state index contributed by atoms with van der Waals surface area (Å²) in [5.41, 5.74) is 0.969. The van der Waals surface area contributed by atoms with Gasteiger partial charge in [0, 0.05) is 5.39 Å². The third-order valence-corrected chi connectivity index (χ3v) is 3.75. The Bertz CT molecular complexity index is 500. The molecule has 2 nitrogen and oxygen atoms in total. The first-order valence-electron chi connectivity index (χ1n) is 5.72. The molecule has 0 unspecified atom stereocenters. The Labute approximate surface area is 103 Å². The lowest BCUT2D eigenvalue weighted by molar-refractivity contribution is 0.302. The van der Waals surface area contributed by atoms with Crippen molar-refractivity contribution in [3.05, 3.63) is 34.5 Å². The van der Waals surface area contributed by atoms with Crippen LogP contribution in [0.2, 0.25) is 0 Å². The maximum absolute atomic E-state index is 5.87. The van der Waals surface area contributed by atoms with Crippen LogP contribution in [0.4, 0.5) is 0 Å². The minimum atomic E-state index is 0.946. The zero-order valence-electron chi connectivity index (χ0n) is 9.08. The van der Waals surface area contributed by atoms with Crippen molar-refractivity contribution in [2.24, 2.45) is 0 Å². The molecule has 0 saturated carbocycles. The topological polar surface area (TPSA) is 16.4 Å². The summed E-state index contributed by atoms with van der Waals surface area (Å²) in [4.78, 5) is 2.45. The molecule has 3 rings (SSSR count). The molecule has 1 fully saturated rings. The van der Waals surface area contributed by atoms with Gasteiger partial charge in [-0.05, 0) is 54.0 Å². The monoisotopic (exact) mass is 279 g/mol. The number of likely N-dealkylation sites (tertiary alicyclic amines) is 1. The van der Waals surface area contributed by atoms with Crippen LogP contribution in [-0.4, -0.2) is 18.0 Å². The number of halogens is 1. The van der Waals surface area contributed by atoms with Crippen LogP contribution < -0.4 is 0 Å². The SMILES string of the molecule is Brc1cccc2cc(CN3CCCC3)oc12. The highest BCUT2D eigenvalue weighted by Gasteiger charge is 2.14. The van der Waals surface area contributed by atoms with Gasteiger partial charge in [0.05, 0.1) is 11.0 Å². The summed E-state index contributed by atoms with van der Waals surface area (Å²) in [6.45, 7) is 3.36. The van der Waals surface area contributed by atoms with Crippen molar-refractivity contribution in [3.8, 4) is 0 Å². The van der Waals surface area contributed by atoms with Gasteiger partial charge in [-0.15, -0.1) is 0 Å². The molecule has 0 spiro atoms. The molecule has 3 heteroatoms. The van der Waals surface area contributed by atoms with Crippen LogP contribution in [0.3, 0.4) is 0 Å². The van der Waals surface area contributed by atoms with Gasteiger partial charge in [0.1, 0.15) is 11.3 Å². The fourth-order valence-electron chi connectivity index (χ4n) is 2.32. The fraction of sp³-hybridized carbons (Fsp3) is 0.385. The van der Waals surface area contributed by atoms with E-state index in [9.17, 15) is 0 Å². The highest BCUT2D eigenvalue weighted by atomic mass is 79.9. The summed E-state index contributed by atoms with van der Waals surface area (Å²) >= 11 is 3.52. The first kappa shape index (κ1) is 10.4. The van der Waals surface area contributed by atoms with Gasteiger partial charge in [-0.1, -0.05) is 12.1 Å². The minimum Gasteiger partial charge on any atom is -0.459 e. The van der Waals surface area contributed by atoms with Gasteiger partial charge in [-0.2, -0.15) is 0 Å². The van der Waals surface area contributed by atoms with E-state index in [0.717, 1.165) is 22.4 Å². The number of para-hydroxylation sites is 1. The van der Waals surface area contributed by atoms with Crippen molar-refractivity contribution in [2.75, 3.05) is 13.1 Å². The molecule has 1 aromatic carbocycles. The van der Waals surface area contributed by atoms with E-state index in [1.54, 1.807) is 0 Å². The fourth-order valence-corrected chi connectivity index (χ4v) is 2.78. The van der Waals surface area contributed by atoms with Crippen molar-refractivity contribution in [1.82, 2.24) is 4.90 Å². The van der Waals surface area contributed by atoms with Crippen molar-refractivity contribution < 1.29 is 4.42 Å². The van der Waals surface area contributed by atoms with Crippen molar-refractivity contribution >= 4 is 26.9 Å². The summed E-state index contributed by atoms with van der Waals surface area (Å²) in [6, 6.07) is 8.31. The molecule has 1 saturated heterocycles. The predicted octanol–water partition coefficient (Wildman–Crippen LogP) is 3.79. The van der Waals surface area contributed by atoms with Gasteiger partial charge < -0.3 is 4.42 Å². The smallest absolute Gasteiger partial charge is 0.148 e. The Morgan fingerprint density at radius 3 is 2.81 bits per heavy atom. The normalized spacial score (nSPS) is 17.3. The molecule has 0 amide bonds. The molecule has 1 aliphatic heterocycles. The molecular formula is C13H14BrNO. The average molecular weight is 280 g/mol. The van der Waals surface area contributed by atoms with E-state index in [1.165, 1.54) is 31.3 Å². The highest BCUT2D eigenvalue weighted by molar-refractivity contribution is 9.10. The summed E-state index contributed by atoms with van der Waals surface area (Å²) in [5.74, 6) is 1.07. The number of benzene rings is 1. The molecule has 0 N–H and O–H groups in total. The summed E-state index contributed by atoms with van der Waals surface area (Å²) < 4.78 is 6.91. The summed E-state index contributed by atoms with van der Waals surface area (Å²) in [5, 5.41) is 1.18. The number of hydrogen-bond acceptors (Lipinski definition) is 2. The zero-order valence-corrected chi connectivity index (χ0v) is 10.7. The van der Waals surface area contributed by atoms with E-state index in [-0.39, 0.29) is 0 Å². The maximum atomic E-state index is 5.87. The molecule has 2 aromatic rings. The number of hydrogen-bond donors (Lipinski definition) is 0. The Morgan fingerprint density at radius 2 is 2.06 bits per heavy atom. The van der Waals surface area contributed by atoms with Gasteiger partial charge in [-0.3, -0.25) is 4.90 Å². The molecule has 16 heavy (non-hydrogen) atoms. The number of furan rings is 1. The quantitative estimate of drug-likeness (QED) is 0.832. The molecule has 0 radical (unpaired) electrons. The van der Waals surface area contributed by atoms with Crippen LogP contribution in [-0.2, 0) is 6.54 Å². The van der Waals surface area contributed by atoms with Crippen LogP contribution in [0.1, 0.15) is 18.6 Å². The van der Waals surface area contributed by atoms with Gasteiger partial charge in [0.2, 0.25) is 0 Å². The second-order valence-corrected chi connectivity index (χ2v) is 5.21. The third kappa shape index (κ3) is 1.89. The van der Waals surface area contributed by atoms with Crippen molar-refractivity contribution in [2.45, 2.75) is 19.4 Å². The Balaban J connectivity index is 1.90. The largest absolute Gasteiger partial charge is 0.459 e. The third-order valence-electron chi connectivity index (χ3n) is 3.13. The first-order chi connectivity index (χ1) is 7.83.